The zero-order valence-electron chi connectivity index (χ0n) is 20.3. The number of aliphatic hydroxyl groups excluding tert-OH is 2. The van der Waals surface area contributed by atoms with Gasteiger partial charge in [-0.3, -0.25) is 0 Å². The first-order valence-electron chi connectivity index (χ1n) is 12.3. The zero-order chi connectivity index (χ0) is 23.0. The van der Waals surface area contributed by atoms with E-state index in [-0.39, 0.29) is 5.92 Å². The summed E-state index contributed by atoms with van der Waals surface area (Å²) in [7, 11) is 0. The lowest BCUT2D eigenvalue weighted by Crippen LogP contribution is -2.35. The molecule has 0 aromatic heterocycles. The molecule has 0 aliphatic heterocycles. The molecule has 0 amide bonds. The van der Waals surface area contributed by atoms with Crippen LogP contribution in [0, 0.1) is 29.1 Å². The Hall–Kier alpha value is -1.16. The summed E-state index contributed by atoms with van der Waals surface area (Å²) in [5, 5.41) is 30.4. The Morgan fingerprint density at radius 1 is 1.13 bits per heavy atom. The van der Waals surface area contributed by atoms with E-state index >= 15 is 0 Å². The summed E-state index contributed by atoms with van der Waals surface area (Å²) in [5.41, 5.74) is 2.93. The first kappa shape index (κ1) is 24.5. The number of aliphatic hydroxyl groups is 3. The van der Waals surface area contributed by atoms with E-state index in [2.05, 4.69) is 51.7 Å². The van der Waals surface area contributed by atoms with Crippen molar-refractivity contribution in [2.24, 2.45) is 29.1 Å². The standard InChI is InChI=1S/C28H44O3/c1-18(9-10-19(2)27(4,5)31)24-13-14-25-21(8-7-15-28(24,25)6)11-12-22-16-23(29)17-26(30)20(22)3/h9-12,18-19,23-26,29-31H,3,7-8,13-17H2,1-2,4-6H3/b10-9+,21-11?,22-12?/t18-,19?,23-,24-,25-,26+,28+/m1/s1. The molecule has 3 fully saturated rings. The summed E-state index contributed by atoms with van der Waals surface area (Å²) in [4.78, 5) is 0. The molecule has 1 unspecified atom stereocenters. The molecule has 0 aromatic rings. The van der Waals surface area contributed by atoms with Crippen LogP contribution in [0.15, 0.2) is 47.6 Å². The molecule has 7 atom stereocenters. The molecule has 174 valence electrons. The van der Waals surface area contributed by atoms with Gasteiger partial charge in [0, 0.05) is 12.3 Å². The van der Waals surface area contributed by atoms with Crippen LogP contribution in [0.5, 0.6) is 0 Å². The van der Waals surface area contributed by atoms with Gasteiger partial charge in [0.2, 0.25) is 0 Å². The molecule has 0 saturated heterocycles. The summed E-state index contributed by atoms with van der Waals surface area (Å²) in [6, 6.07) is 0. The smallest absolute Gasteiger partial charge is 0.0811 e. The Morgan fingerprint density at radius 3 is 2.52 bits per heavy atom. The molecule has 3 N–H and O–H groups in total. The minimum atomic E-state index is -0.684. The van der Waals surface area contributed by atoms with Crippen molar-refractivity contribution in [2.45, 2.75) is 97.4 Å². The van der Waals surface area contributed by atoms with Crippen molar-refractivity contribution in [1.29, 1.82) is 0 Å². The second-order valence-corrected chi connectivity index (χ2v) is 11.4. The predicted octanol–water partition coefficient (Wildman–Crippen LogP) is 5.73. The molecule has 3 heteroatoms. The average molecular weight is 429 g/mol. The maximum absolute atomic E-state index is 10.3. The molecule has 3 saturated carbocycles. The van der Waals surface area contributed by atoms with Crippen molar-refractivity contribution in [3.8, 4) is 0 Å². The van der Waals surface area contributed by atoms with Gasteiger partial charge in [-0.1, -0.05) is 57.2 Å². The van der Waals surface area contributed by atoms with Crippen LogP contribution in [0.3, 0.4) is 0 Å². The van der Waals surface area contributed by atoms with Crippen molar-refractivity contribution in [3.05, 3.63) is 47.6 Å². The van der Waals surface area contributed by atoms with E-state index in [0.29, 0.717) is 36.0 Å². The fraction of sp³-hybridized carbons (Fsp3) is 0.714. The molecule has 0 spiro atoms. The van der Waals surface area contributed by atoms with E-state index in [1.165, 1.54) is 31.3 Å². The van der Waals surface area contributed by atoms with E-state index in [4.69, 9.17) is 0 Å². The number of allylic oxidation sites excluding steroid dienone is 4. The summed E-state index contributed by atoms with van der Waals surface area (Å²) in [5.74, 6) is 1.91. The average Bonchev–Trinajstić information content (AvgIpc) is 3.04. The minimum absolute atomic E-state index is 0.141. The van der Waals surface area contributed by atoms with Gasteiger partial charge in [-0.2, -0.15) is 0 Å². The van der Waals surface area contributed by atoms with Gasteiger partial charge < -0.3 is 15.3 Å². The summed E-state index contributed by atoms with van der Waals surface area (Å²) in [6.45, 7) is 14.7. The Bertz CT molecular complexity index is 753. The zero-order valence-corrected chi connectivity index (χ0v) is 20.3. The van der Waals surface area contributed by atoms with Gasteiger partial charge in [0.05, 0.1) is 17.8 Å². The van der Waals surface area contributed by atoms with Crippen LogP contribution in [0.2, 0.25) is 0 Å². The van der Waals surface area contributed by atoms with E-state index < -0.39 is 17.8 Å². The summed E-state index contributed by atoms with van der Waals surface area (Å²) < 4.78 is 0. The van der Waals surface area contributed by atoms with Crippen molar-refractivity contribution in [1.82, 2.24) is 0 Å². The molecule has 0 bridgehead atoms. The monoisotopic (exact) mass is 428 g/mol. The lowest BCUT2D eigenvalue weighted by atomic mass is 9.61. The normalized spacial score (nSPS) is 39.3. The number of hydrogen-bond acceptors (Lipinski definition) is 3. The largest absolute Gasteiger partial charge is 0.393 e. The second kappa shape index (κ2) is 9.37. The van der Waals surface area contributed by atoms with Crippen LogP contribution in [0.25, 0.3) is 0 Å². The maximum atomic E-state index is 10.3. The Labute approximate surface area is 189 Å². The molecule has 0 aromatic carbocycles. The van der Waals surface area contributed by atoms with Crippen LogP contribution >= 0.6 is 0 Å². The third-order valence-electron chi connectivity index (χ3n) is 8.75. The first-order chi connectivity index (χ1) is 14.4. The van der Waals surface area contributed by atoms with Gasteiger partial charge in [0.1, 0.15) is 0 Å². The van der Waals surface area contributed by atoms with Crippen LogP contribution < -0.4 is 0 Å². The maximum Gasteiger partial charge on any atom is 0.0811 e. The van der Waals surface area contributed by atoms with Gasteiger partial charge in [0.25, 0.3) is 0 Å². The minimum Gasteiger partial charge on any atom is -0.393 e. The topological polar surface area (TPSA) is 60.7 Å². The van der Waals surface area contributed by atoms with E-state index in [1.54, 1.807) is 0 Å². The molecular weight excluding hydrogens is 384 g/mol. The van der Waals surface area contributed by atoms with Gasteiger partial charge in [-0.15, -0.1) is 0 Å². The summed E-state index contributed by atoms with van der Waals surface area (Å²) in [6.07, 6.45) is 15.0. The molecule has 3 rings (SSSR count). The van der Waals surface area contributed by atoms with Crippen LogP contribution in [-0.2, 0) is 0 Å². The van der Waals surface area contributed by atoms with Gasteiger partial charge >= 0.3 is 0 Å². The quantitative estimate of drug-likeness (QED) is 0.490. The second-order valence-electron chi connectivity index (χ2n) is 11.4. The van der Waals surface area contributed by atoms with Crippen LogP contribution in [0.4, 0.5) is 0 Å². The predicted molar refractivity (Wildman–Crippen MR) is 128 cm³/mol. The fourth-order valence-electron chi connectivity index (χ4n) is 6.32. The summed E-state index contributed by atoms with van der Waals surface area (Å²) >= 11 is 0. The molecule has 3 aliphatic carbocycles. The van der Waals surface area contributed by atoms with Crippen molar-refractivity contribution in [2.75, 3.05) is 0 Å². The highest BCUT2D eigenvalue weighted by atomic mass is 16.3. The van der Waals surface area contributed by atoms with Gasteiger partial charge in [-0.25, -0.2) is 0 Å². The number of fused-ring (bicyclic) bond motifs is 1. The molecule has 31 heavy (non-hydrogen) atoms. The fourth-order valence-corrected chi connectivity index (χ4v) is 6.32. The third kappa shape index (κ3) is 5.26. The Kier molecular flexibility index (Phi) is 7.40. The molecule has 0 heterocycles. The Balaban J connectivity index is 1.76. The molecule has 3 nitrogen and oxygen atoms in total. The Morgan fingerprint density at radius 2 is 1.84 bits per heavy atom. The highest BCUT2D eigenvalue weighted by molar-refractivity contribution is 5.38. The molecule has 3 aliphatic rings. The highest BCUT2D eigenvalue weighted by Gasteiger charge is 2.50. The van der Waals surface area contributed by atoms with Crippen LogP contribution in [-0.4, -0.2) is 33.1 Å². The van der Waals surface area contributed by atoms with Crippen molar-refractivity contribution >= 4 is 0 Å². The SMILES string of the molecule is C=C1C(=CC=C2CCC[C@]3(C)[C@@H]2CC[C@@H]3[C@H](C)/C=C/C(C)C(C)(C)O)C[C@@H](O)C[C@@H]1O. The van der Waals surface area contributed by atoms with Gasteiger partial charge in [0.15, 0.2) is 0 Å². The lowest BCUT2D eigenvalue weighted by molar-refractivity contribution is 0.0436. The molecule has 0 radical (unpaired) electrons. The van der Waals surface area contributed by atoms with Crippen LogP contribution in [0.1, 0.15) is 79.6 Å². The van der Waals surface area contributed by atoms with Crippen molar-refractivity contribution < 1.29 is 15.3 Å². The highest BCUT2D eigenvalue weighted by Crippen LogP contribution is 2.59. The van der Waals surface area contributed by atoms with Gasteiger partial charge in [-0.05, 0) is 86.7 Å². The van der Waals surface area contributed by atoms with E-state index in [1.807, 2.05) is 13.8 Å². The first-order valence-corrected chi connectivity index (χ1v) is 12.3. The third-order valence-corrected chi connectivity index (χ3v) is 8.75. The van der Waals surface area contributed by atoms with E-state index in [9.17, 15) is 15.3 Å². The number of rotatable bonds is 5. The molecular formula is C28H44O3. The lowest BCUT2D eigenvalue weighted by Gasteiger charge is -2.44. The van der Waals surface area contributed by atoms with E-state index in [0.717, 1.165) is 17.6 Å². The van der Waals surface area contributed by atoms with Crippen molar-refractivity contribution in [3.63, 3.8) is 0 Å². The number of hydrogen-bond donors (Lipinski definition) is 3.